The summed E-state index contributed by atoms with van der Waals surface area (Å²) in [6.07, 6.45) is 4.36. The summed E-state index contributed by atoms with van der Waals surface area (Å²) >= 11 is 0. The number of nitrogens with one attached hydrogen (secondary N) is 1. The minimum Gasteiger partial charge on any atom is -0.336 e. The maximum atomic E-state index is 11.5. The quantitative estimate of drug-likeness (QED) is 0.662. The molecule has 3 nitrogen and oxygen atoms in total. The highest BCUT2D eigenvalue weighted by molar-refractivity contribution is 5.77. The minimum atomic E-state index is 0.198. The van der Waals surface area contributed by atoms with Crippen molar-refractivity contribution in [2.75, 3.05) is 13.1 Å². The molecule has 1 N–H and O–H groups in total. The Morgan fingerprint density at radius 2 is 1.93 bits per heavy atom. The fraction of sp³-hybridized carbons (Fsp3) is 0.909. The standard InChI is InChI=1S/C11H16N2O/c14-11-12-3-4-13(11)10-8-6-1-2-7(5-6)9(8)10/h6-10H,1-5H2,(H,12,14). The molecule has 3 heteroatoms. The smallest absolute Gasteiger partial charge is 0.317 e. The van der Waals surface area contributed by atoms with E-state index < -0.39 is 0 Å². The molecule has 2 bridgehead atoms. The van der Waals surface area contributed by atoms with Crippen LogP contribution in [0.15, 0.2) is 0 Å². The summed E-state index contributed by atoms with van der Waals surface area (Å²) in [6, 6.07) is 0.840. The number of rotatable bonds is 1. The van der Waals surface area contributed by atoms with E-state index in [9.17, 15) is 4.79 Å². The summed E-state index contributed by atoms with van der Waals surface area (Å²) in [5, 5.41) is 2.92. The van der Waals surface area contributed by atoms with Crippen molar-refractivity contribution in [2.24, 2.45) is 23.7 Å². The molecular formula is C11H16N2O. The van der Waals surface area contributed by atoms with Crippen LogP contribution in [0.1, 0.15) is 19.3 Å². The molecule has 4 atom stereocenters. The lowest BCUT2D eigenvalue weighted by molar-refractivity contribution is 0.205. The monoisotopic (exact) mass is 192 g/mol. The van der Waals surface area contributed by atoms with Gasteiger partial charge in [0, 0.05) is 19.1 Å². The molecule has 4 unspecified atom stereocenters. The molecule has 0 spiro atoms. The second-order valence-electron chi connectivity index (χ2n) is 5.40. The van der Waals surface area contributed by atoms with E-state index in [2.05, 4.69) is 10.2 Å². The molecule has 3 saturated carbocycles. The van der Waals surface area contributed by atoms with Crippen molar-refractivity contribution in [3.05, 3.63) is 0 Å². The number of hydrogen-bond donors (Lipinski definition) is 1. The fourth-order valence-electron chi connectivity index (χ4n) is 4.47. The fourth-order valence-corrected chi connectivity index (χ4v) is 4.47. The van der Waals surface area contributed by atoms with Crippen LogP contribution in [0.2, 0.25) is 0 Å². The van der Waals surface area contributed by atoms with E-state index in [-0.39, 0.29) is 6.03 Å². The normalized spacial score (nSPS) is 53.6. The summed E-state index contributed by atoms with van der Waals surface area (Å²) in [5.41, 5.74) is 0. The van der Waals surface area contributed by atoms with Gasteiger partial charge in [0.2, 0.25) is 0 Å². The van der Waals surface area contributed by atoms with E-state index in [0.717, 1.165) is 36.8 Å². The highest BCUT2D eigenvalue weighted by Gasteiger charge is 2.67. The van der Waals surface area contributed by atoms with Crippen molar-refractivity contribution in [3.63, 3.8) is 0 Å². The molecule has 1 saturated heterocycles. The van der Waals surface area contributed by atoms with Gasteiger partial charge in [-0.15, -0.1) is 0 Å². The number of carbonyl (C=O) groups excluding carboxylic acids is 1. The molecule has 14 heavy (non-hydrogen) atoms. The third-order valence-electron chi connectivity index (χ3n) is 4.94. The van der Waals surface area contributed by atoms with Crippen LogP contribution >= 0.6 is 0 Å². The van der Waals surface area contributed by atoms with Gasteiger partial charge in [0.25, 0.3) is 0 Å². The number of fused-ring (bicyclic) bond motifs is 5. The maximum absolute atomic E-state index is 11.5. The van der Waals surface area contributed by atoms with Crippen LogP contribution < -0.4 is 5.32 Å². The number of hydrogen-bond acceptors (Lipinski definition) is 1. The molecule has 1 aliphatic heterocycles. The molecule has 76 valence electrons. The molecule has 0 aromatic heterocycles. The molecular weight excluding hydrogens is 176 g/mol. The molecule has 1 heterocycles. The average Bonchev–Trinajstić information content (AvgIpc) is 2.59. The van der Waals surface area contributed by atoms with Gasteiger partial charge in [-0.25, -0.2) is 4.79 Å². The Labute approximate surface area is 83.8 Å². The summed E-state index contributed by atoms with van der Waals surface area (Å²) in [7, 11) is 0. The Bertz CT molecular complexity index is 288. The van der Waals surface area contributed by atoms with E-state index in [1.807, 2.05) is 0 Å². The zero-order valence-corrected chi connectivity index (χ0v) is 8.28. The summed E-state index contributed by atoms with van der Waals surface area (Å²) < 4.78 is 0. The predicted octanol–water partition coefficient (Wildman–Crippen LogP) is 1.06. The lowest BCUT2D eigenvalue weighted by Crippen LogP contribution is -2.33. The number of amides is 2. The number of nitrogens with zero attached hydrogens (tertiary/aromatic N) is 1. The Balaban J connectivity index is 1.58. The molecule has 4 rings (SSSR count). The summed E-state index contributed by atoms with van der Waals surface area (Å²) in [6.45, 7) is 1.82. The molecule has 4 aliphatic rings. The Morgan fingerprint density at radius 1 is 1.21 bits per heavy atom. The Kier molecular flexibility index (Phi) is 1.22. The first-order chi connectivity index (χ1) is 6.86. The number of carbonyl (C=O) groups is 1. The first kappa shape index (κ1) is 7.55. The van der Waals surface area contributed by atoms with E-state index in [4.69, 9.17) is 0 Å². The van der Waals surface area contributed by atoms with Crippen LogP contribution in [0.25, 0.3) is 0 Å². The largest absolute Gasteiger partial charge is 0.336 e. The van der Waals surface area contributed by atoms with Gasteiger partial charge < -0.3 is 10.2 Å². The third kappa shape index (κ3) is 0.733. The van der Waals surface area contributed by atoms with Crippen molar-refractivity contribution in [1.82, 2.24) is 10.2 Å². The Hall–Kier alpha value is -0.730. The van der Waals surface area contributed by atoms with Gasteiger partial charge in [-0.1, -0.05) is 0 Å². The Morgan fingerprint density at radius 3 is 2.50 bits per heavy atom. The van der Waals surface area contributed by atoms with Crippen molar-refractivity contribution >= 4 is 6.03 Å². The van der Waals surface area contributed by atoms with Crippen LogP contribution in [-0.4, -0.2) is 30.1 Å². The van der Waals surface area contributed by atoms with Gasteiger partial charge in [-0.05, 0) is 42.9 Å². The van der Waals surface area contributed by atoms with Crippen molar-refractivity contribution in [2.45, 2.75) is 25.3 Å². The molecule has 0 aromatic carbocycles. The van der Waals surface area contributed by atoms with Crippen molar-refractivity contribution in [1.29, 1.82) is 0 Å². The lowest BCUT2D eigenvalue weighted by Gasteiger charge is -2.18. The SMILES string of the molecule is O=C1NCCN1C1C2C3CCC(C3)C21. The first-order valence-electron chi connectivity index (χ1n) is 5.91. The third-order valence-corrected chi connectivity index (χ3v) is 4.94. The van der Waals surface area contributed by atoms with E-state index >= 15 is 0 Å². The highest BCUT2D eigenvalue weighted by atomic mass is 16.2. The topological polar surface area (TPSA) is 32.3 Å². The average molecular weight is 192 g/mol. The van der Waals surface area contributed by atoms with Crippen molar-refractivity contribution < 1.29 is 4.79 Å². The molecule has 2 amide bonds. The second-order valence-corrected chi connectivity index (χ2v) is 5.40. The van der Waals surface area contributed by atoms with Crippen LogP contribution in [0.5, 0.6) is 0 Å². The van der Waals surface area contributed by atoms with Crippen LogP contribution in [0, 0.1) is 23.7 Å². The minimum absolute atomic E-state index is 0.198. The second kappa shape index (κ2) is 2.26. The van der Waals surface area contributed by atoms with Crippen LogP contribution in [0.3, 0.4) is 0 Å². The maximum Gasteiger partial charge on any atom is 0.317 e. The van der Waals surface area contributed by atoms with Gasteiger partial charge in [0.05, 0.1) is 0 Å². The summed E-state index contributed by atoms with van der Waals surface area (Å²) in [5.74, 6) is 3.75. The van der Waals surface area contributed by atoms with E-state index in [1.165, 1.54) is 19.3 Å². The lowest BCUT2D eigenvalue weighted by atomic mass is 10.0. The number of urea groups is 1. The van der Waals surface area contributed by atoms with Crippen LogP contribution in [0.4, 0.5) is 4.79 Å². The van der Waals surface area contributed by atoms with E-state index in [0.29, 0.717) is 6.04 Å². The van der Waals surface area contributed by atoms with E-state index in [1.54, 1.807) is 0 Å². The molecule has 0 radical (unpaired) electrons. The van der Waals surface area contributed by atoms with Gasteiger partial charge >= 0.3 is 6.03 Å². The zero-order chi connectivity index (χ0) is 9.28. The predicted molar refractivity (Wildman–Crippen MR) is 51.7 cm³/mol. The first-order valence-corrected chi connectivity index (χ1v) is 5.91. The van der Waals surface area contributed by atoms with Gasteiger partial charge in [-0.3, -0.25) is 0 Å². The van der Waals surface area contributed by atoms with Gasteiger partial charge in [0.15, 0.2) is 0 Å². The highest BCUT2D eigenvalue weighted by Crippen LogP contribution is 2.67. The zero-order valence-electron chi connectivity index (χ0n) is 8.28. The molecule has 4 fully saturated rings. The molecule has 0 aromatic rings. The van der Waals surface area contributed by atoms with Crippen molar-refractivity contribution in [3.8, 4) is 0 Å². The van der Waals surface area contributed by atoms with Gasteiger partial charge in [0.1, 0.15) is 0 Å². The summed E-state index contributed by atoms with van der Waals surface area (Å²) in [4.78, 5) is 13.6. The van der Waals surface area contributed by atoms with Crippen LogP contribution in [-0.2, 0) is 0 Å². The molecule has 3 aliphatic carbocycles. The van der Waals surface area contributed by atoms with Gasteiger partial charge in [-0.2, -0.15) is 0 Å².